The van der Waals surface area contributed by atoms with Gasteiger partial charge in [0.05, 0.1) is 41.2 Å². The van der Waals surface area contributed by atoms with E-state index in [1.165, 1.54) is 6.07 Å². The first kappa shape index (κ1) is 22.4. The molecule has 3 aromatic rings. The van der Waals surface area contributed by atoms with Gasteiger partial charge in [0.25, 0.3) is 0 Å². The zero-order chi connectivity index (χ0) is 21.2. The third-order valence-corrected chi connectivity index (χ3v) is 4.21. The van der Waals surface area contributed by atoms with Gasteiger partial charge in [-0.25, -0.2) is 9.07 Å². The van der Waals surface area contributed by atoms with Gasteiger partial charge in [-0.1, -0.05) is 17.7 Å². The van der Waals surface area contributed by atoms with Gasteiger partial charge in [-0.15, -0.1) is 0 Å². The van der Waals surface area contributed by atoms with Gasteiger partial charge in [-0.2, -0.15) is 15.3 Å². The number of carbonyl (C=O) groups is 1. The molecule has 1 amide bonds. The number of nitrogens with one attached hydrogen (secondary N) is 1. The Morgan fingerprint density at radius 2 is 1.97 bits per heavy atom. The quantitative estimate of drug-likeness (QED) is 0.592. The standard InChI is InChI=1S/C13H17N5O2.C7H6ClF/c1-10-6-14-15-8-12(10)18-9-11(7-16-18)17-13(20)4-2-3-5-19;1-5-2-3-6(8)7(9)4-5/h6-9,19H,2-5H2,1H3,(H,17,20);2-4H,1H3. The maximum Gasteiger partial charge on any atom is 0.224 e. The molecule has 2 aromatic heterocycles. The van der Waals surface area contributed by atoms with Crippen LogP contribution in [0.2, 0.25) is 5.02 Å². The van der Waals surface area contributed by atoms with Crippen LogP contribution >= 0.6 is 11.6 Å². The molecule has 3 rings (SSSR count). The predicted molar refractivity (Wildman–Crippen MR) is 110 cm³/mol. The number of anilines is 1. The lowest BCUT2D eigenvalue weighted by atomic mass is 10.2. The summed E-state index contributed by atoms with van der Waals surface area (Å²) in [6.45, 7) is 3.85. The Morgan fingerprint density at radius 3 is 2.62 bits per heavy atom. The van der Waals surface area contributed by atoms with E-state index in [-0.39, 0.29) is 23.4 Å². The van der Waals surface area contributed by atoms with E-state index < -0.39 is 0 Å². The molecule has 0 aliphatic heterocycles. The Bertz CT molecular complexity index is 948. The maximum absolute atomic E-state index is 12.4. The fourth-order valence-electron chi connectivity index (χ4n) is 2.36. The highest BCUT2D eigenvalue weighted by Gasteiger charge is 2.07. The summed E-state index contributed by atoms with van der Waals surface area (Å²) >= 11 is 5.41. The van der Waals surface area contributed by atoms with Crippen molar-refractivity contribution >= 4 is 23.2 Å². The van der Waals surface area contributed by atoms with Gasteiger partial charge in [0.15, 0.2) is 0 Å². The summed E-state index contributed by atoms with van der Waals surface area (Å²) < 4.78 is 14.1. The molecule has 2 N–H and O–H groups in total. The number of nitrogens with zero attached hydrogens (tertiary/aromatic N) is 4. The Morgan fingerprint density at radius 1 is 1.21 bits per heavy atom. The molecule has 0 aliphatic rings. The molecule has 0 aliphatic carbocycles. The van der Waals surface area contributed by atoms with Crippen molar-refractivity contribution in [2.75, 3.05) is 11.9 Å². The molecular formula is C20H23ClFN5O2. The van der Waals surface area contributed by atoms with E-state index in [1.54, 1.807) is 41.6 Å². The summed E-state index contributed by atoms with van der Waals surface area (Å²) in [7, 11) is 0. The first-order valence-electron chi connectivity index (χ1n) is 9.05. The average Bonchev–Trinajstić information content (AvgIpc) is 3.14. The van der Waals surface area contributed by atoms with Gasteiger partial charge >= 0.3 is 0 Å². The monoisotopic (exact) mass is 419 g/mol. The van der Waals surface area contributed by atoms with E-state index in [0.717, 1.165) is 16.8 Å². The fraction of sp³-hybridized carbons (Fsp3) is 0.300. The number of aliphatic hydroxyl groups excluding tert-OH is 1. The molecule has 0 bridgehead atoms. The topological polar surface area (TPSA) is 92.9 Å². The van der Waals surface area contributed by atoms with Crippen molar-refractivity contribution in [2.24, 2.45) is 0 Å². The minimum absolute atomic E-state index is 0.0809. The zero-order valence-corrected chi connectivity index (χ0v) is 17.0. The van der Waals surface area contributed by atoms with Crippen LogP contribution in [0.3, 0.4) is 0 Å². The minimum Gasteiger partial charge on any atom is -0.396 e. The van der Waals surface area contributed by atoms with Crippen LogP contribution in [0.5, 0.6) is 0 Å². The van der Waals surface area contributed by atoms with Crippen LogP contribution in [0.1, 0.15) is 30.4 Å². The van der Waals surface area contributed by atoms with Crippen LogP contribution in [0.25, 0.3) is 5.69 Å². The number of unbranched alkanes of at least 4 members (excludes halogenated alkanes) is 1. The van der Waals surface area contributed by atoms with Crippen molar-refractivity contribution in [3.05, 3.63) is 65.0 Å². The molecule has 29 heavy (non-hydrogen) atoms. The summed E-state index contributed by atoms with van der Waals surface area (Å²) in [5, 5.41) is 23.4. The lowest BCUT2D eigenvalue weighted by Crippen LogP contribution is -2.10. The predicted octanol–water partition coefficient (Wildman–Crippen LogP) is 3.86. The Labute approximate surface area is 173 Å². The van der Waals surface area contributed by atoms with Crippen molar-refractivity contribution in [1.82, 2.24) is 20.0 Å². The van der Waals surface area contributed by atoms with Gasteiger partial charge in [0, 0.05) is 13.0 Å². The first-order chi connectivity index (χ1) is 13.9. The van der Waals surface area contributed by atoms with E-state index in [0.29, 0.717) is 24.9 Å². The molecule has 0 radical (unpaired) electrons. The second kappa shape index (κ2) is 11.2. The van der Waals surface area contributed by atoms with Gasteiger partial charge in [-0.05, 0) is 49.9 Å². The van der Waals surface area contributed by atoms with Crippen LogP contribution in [-0.2, 0) is 4.79 Å². The van der Waals surface area contributed by atoms with Crippen molar-refractivity contribution in [3.63, 3.8) is 0 Å². The van der Waals surface area contributed by atoms with Crippen molar-refractivity contribution < 1.29 is 14.3 Å². The normalized spacial score (nSPS) is 10.2. The summed E-state index contributed by atoms with van der Waals surface area (Å²) in [6, 6.07) is 4.72. The Kier molecular flexibility index (Phi) is 8.69. The Hall–Kier alpha value is -2.84. The number of hydrogen-bond acceptors (Lipinski definition) is 5. The highest BCUT2D eigenvalue weighted by molar-refractivity contribution is 6.30. The molecule has 9 heteroatoms. The number of aliphatic hydroxyl groups is 1. The molecule has 1 aromatic carbocycles. The molecular weight excluding hydrogens is 397 g/mol. The highest BCUT2D eigenvalue weighted by Crippen LogP contribution is 2.15. The van der Waals surface area contributed by atoms with E-state index in [9.17, 15) is 9.18 Å². The molecule has 0 fully saturated rings. The minimum atomic E-state index is -0.350. The summed E-state index contributed by atoms with van der Waals surface area (Å²) in [5.41, 5.74) is 3.29. The molecule has 154 valence electrons. The summed E-state index contributed by atoms with van der Waals surface area (Å²) in [5.74, 6) is -0.431. The molecule has 0 spiro atoms. The number of aromatic nitrogens is 4. The van der Waals surface area contributed by atoms with Crippen LogP contribution < -0.4 is 5.32 Å². The second-order valence-corrected chi connectivity index (χ2v) is 6.78. The third kappa shape index (κ3) is 7.24. The molecule has 0 saturated heterocycles. The van der Waals surface area contributed by atoms with Crippen LogP contribution in [-0.4, -0.2) is 37.6 Å². The van der Waals surface area contributed by atoms with E-state index in [4.69, 9.17) is 16.7 Å². The first-order valence-corrected chi connectivity index (χ1v) is 9.43. The number of benzene rings is 1. The van der Waals surface area contributed by atoms with Gasteiger partial charge in [0.1, 0.15) is 5.82 Å². The van der Waals surface area contributed by atoms with E-state index >= 15 is 0 Å². The Balaban J connectivity index is 0.000000278. The number of rotatable bonds is 6. The molecule has 0 unspecified atom stereocenters. The number of halogens is 2. The number of hydrogen-bond donors (Lipinski definition) is 2. The average molecular weight is 420 g/mol. The van der Waals surface area contributed by atoms with E-state index in [2.05, 4.69) is 20.6 Å². The smallest absolute Gasteiger partial charge is 0.224 e. The van der Waals surface area contributed by atoms with Crippen LogP contribution in [0.15, 0.2) is 43.0 Å². The lowest BCUT2D eigenvalue weighted by molar-refractivity contribution is -0.116. The number of carbonyl (C=O) groups excluding carboxylic acids is 1. The lowest BCUT2D eigenvalue weighted by Gasteiger charge is -2.03. The molecule has 0 atom stereocenters. The third-order valence-electron chi connectivity index (χ3n) is 3.90. The van der Waals surface area contributed by atoms with E-state index in [1.807, 2.05) is 13.8 Å². The largest absolute Gasteiger partial charge is 0.396 e. The summed E-state index contributed by atoms with van der Waals surface area (Å²) in [4.78, 5) is 11.6. The van der Waals surface area contributed by atoms with Crippen LogP contribution in [0.4, 0.5) is 10.1 Å². The van der Waals surface area contributed by atoms with Crippen LogP contribution in [0, 0.1) is 19.7 Å². The zero-order valence-electron chi connectivity index (χ0n) is 16.3. The molecule has 7 nitrogen and oxygen atoms in total. The summed E-state index contributed by atoms with van der Waals surface area (Å²) in [6.07, 6.45) is 8.29. The van der Waals surface area contributed by atoms with Gasteiger partial charge < -0.3 is 10.4 Å². The van der Waals surface area contributed by atoms with Gasteiger partial charge in [-0.3, -0.25) is 4.79 Å². The van der Waals surface area contributed by atoms with Crippen molar-refractivity contribution in [3.8, 4) is 5.69 Å². The van der Waals surface area contributed by atoms with Crippen molar-refractivity contribution in [1.29, 1.82) is 0 Å². The fourth-order valence-corrected chi connectivity index (χ4v) is 2.47. The number of aryl methyl sites for hydroxylation is 2. The second-order valence-electron chi connectivity index (χ2n) is 6.38. The highest BCUT2D eigenvalue weighted by atomic mass is 35.5. The SMILES string of the molecule is Cc1ccc(Cl)c(F)c1.Cc1cnncc1-n1cc(NC(=O)CCCCO)cn1. The van der Waals surface area contributed by atoms with Gasteiger partial charge in [0.2, 0.25) is 5.91 Å². The molecule has 2 heterocycles. The molecule has 0 saturated carbocycles. The van der Waals surface area contributed by atoms with Crippen molar-refractivity contribution in [2.45, 2.75) is 33.1 Å². The number of amides is 1. The maximum atomic E-state index is 12.4.